The van der Waals surface area contributed by atoms with Crippen LogP contribution >= 0.6 is 11.6 Å². The molecule has 212 valence electrons. The standard InChI is InChI=1S/C28H36ClF2N5O3/c1-16(2)11-23(34-19-7-3-6-18(29)13-19)27(39)36-21-8-9-22(28(30,31)14-21)24(36)26(38)35-20(15-32)12-17-5-4-10-33-25(17)37/h3,6-7,13,16-17,20-24,34H,4-5,8-12,14H2,1-2H3,(H,33,37)(H,35,38)/t17-,20-,21-,22-,23+,24-/m1/s1. The molecule has 3 saturated heterocycles. The summed E-state index contributed by atoms with van der Waals surface area (Å²) in [6.07, 6.45) is 1.85. The van der Waals surface area contributed by atoms with E-state index in [9.17, 15) is 19.6 Å². The van der Waals surface area contributed by atoms with E-state index in [1.54, 1.807) is 24.3 Å². The van der Waals surface area contributed by atoms with Gasteiger partial charge < -0.3 is 20.9 Å². The molecule has 1 aliphatic carbocycles. The summed E-state index contributed by atoms with van der Waals surface area (Å²) in [5.74, 6) is -6.18. The lowest BCUT2D eigenvalue weighted by Gasteiger charge is -2.54. The van der Waals surface area contributed by atoms with E-state index in [1.807, 2.05) is 19.9 Å². The van der Waals surface area contributed by atoms with E-state index in [2.05, 4.69) is 16.0 Å². The molecule has 0 aromatic heterocycles. The van der Waals surface area contributed by atoms with Crippen LogP contribution in [0.1, 0.15) is 58.8 Å². The Hall–Kier alpha value is -2.93. The number of piperidine rings is 3. The third kappa shape index (κ3) is 6.63. The zero-order chi connectivity index (χ0) is 28.3. The molecular weight excluding hydrogens is 528 g/mol. The highest BCUT2D eigenvalue weighted by molar-refractivity contribution is 6.30. The van der Waals surface area contributed by atoms with Gasteiger partial charge in [0.25, 0.3) is 5.92 Å². The van der Waals surface area contributed by atoms with Crippen molar-refractivity contribution in [2.45, 2.75) is 88.9 Å². The van der Waals surface area contributed by atoms with Crippen molar-refractivity contribution in [3.05, 3.63) is 29.3 Å². The van der Waals surface area contributed by atoms with Crippen molar-refractivity contribution in [1.82, 2.24) is 15.5 Å². The smallest absolute Gasteiger partial charge is 0.255 e. The fourth-order valence-electron chi connectivity index (χ4n) is 6.22. The lowest BCUT2D eigenvalue weighted by molar-refractivity contribution is -0.194. The Labute approximate surface area is 232 Å². The van der Waals surface area contributed by atoms with E-state index in [1.165, 1.54) is 4.90 Å². The summed E-state index contributed by atoms with van der Waals surface area (Å²) in [7, 11) is 0. The maximum Gasteiger partial charge on any atom is 0.255 e. The molecule has 1 aromatic rings. The second kappa shape index (κ2) is 12.1. The molecule has 2 bridgehead atoms. The molecule has 0 spiro atoms. The number of hydrogen-bond donors (Lipinski definition) is 3. The van der Waals surface area contributed by atoms with Crippen LogP contribution in [0.4, 0.5) is 14.5 Å². The van der Waals surface area contributed by atoms with Crippen molar-refractivity contribution in [2.75, 3.05) is 11.9 Å². The SMILES string of the molecule is CC(C)C[C@H](Nc1cccc(Cl)c1)C(=O)N1[C@@H]2CC[C@H]([C@@H]1C(=O)N[C@@H](C#N)C[C@H]1CCCNC1=O)C(F)(F)C2. The summed E-state index contributed by atoms with van der Waals surface area (Å²) < 4.78 is 30.3. The molecule has 3 aliphatic heterocycles. The Balaban J connectivity index is 1.58. The van der Waals surface area contributed by atoms with Gasteiger partial charge in [0.1, 0.15) is 18.1 Å². The monoisotopic (exact) mass is 563 g/mol. The third-order valence-corrected chi connectivity index (χ3v) is 8.26. The fraction of sp³-hybridized carbons (Fsp3) is 0.643. The first-order valence-corrected chi connectivity index (χ1v) is 14.1. The van der Waals surface area contributed by atoms with Gasteiger partial charge in [0, 0.05) is 35.6 Å². The van der Waals surface area contributed by atoms with Crippen LogP contribution in [0.5, 0.6) is 0 Å². The maximum absolute atomic E-state index is 15.1. The number of amides is 3. The van der Waals surface area contributed by atoms with Gasteiger partial charge in [0.2, 0.25) is 17.7 Å². The minimum absolute atomic E-state index is 0.0888. The van der Waals surface area contributed by atoms with Gasteiger partial charge in [-0.1, -0.05) is 31.5 Å². The Bertz CT molecular complexity index is 1130. The van der Waals surface area contributed by atoms with Crippen LogP contribution < -0.4 is 16.0 Å². The Morgan fingerprint density at radius 1 is 1.28 bits per heavy atom. The molecular formula is C28H36ClF2N5O3. The minimum atomic E-state index is -3.11. The largest absolute Gasteiger partial charge is 0.374 e. The van der Waals surface area contributed by atoms with Crippen LogP contribution in [0.25, 0.3) is 0 Å². The van der Waals surface area contributed by atoms with E-state index in [4.69, 9.17) is 11.6 Å². The first-order chi connectivity index (χ1) is 18.5. The van der Waals surface area contributed by atoms with Crippen LogP contribution in [0.3, 0.4) is 0 Å². The van der Waals surface area contributed by atoms with Gasteiger partial charge in [-0.3, -0.25) is 14.4 Å². The Kier molecular flexibility index (Phi) is 9.00. The topological polar surface area (TPSA) is 114 Å². The summed E-state index contributed by atoms with van der Waals surface area (Å²) in [6.45, 7) is 4.48. The molecule has 0 unspecified atom stereocenters. The van der Waals surface area contributed by atoms with Gasteiger partial charge in [-0.25, -0.2) is 8.78 Å². The van der Waals surface area contributed by atoms with Gasteiger partial charge in [-0.2, -0.15) is 5.26 Å². The number of carbonyl (C=O) groups excluding carboxylic acids is 3. The minimum Gasteiger partial charge on any atom is -0.374 e. The van der Waals surface area contributed by atoms with Crippen molar-refractivity contribution >= 4 is 35.0 Å². The summed E-state index contributed by atoms with van der Waals surface area (Å²) >= 11 is 6.13. The number of carbonyl (C=O) groups is 3. The van der Waals surface area contributed by atoms with Crippen molar-refractivity contribution in [2.24, 2.45) is 17.8 Å². The van der Waals surface area contributed by atoms with E-state index in [0.717, 1.165) is 6.42 Å². The van der Waals surface area contributed by atoms with Crippen LogP contribution in [0, 0.1) is 29.1 Å². The highest BCUT2D eigenvalue weighted by Gasteiger charge is 2.61. The highest BCUT2D eigenvalue weighted by atomic mass is 35.5. The van der Waals surface area contributed by atoms with Crippen LogP contribution in [-0.2, 0) is 14.4 Å². The van der Waals surface area contributed by atoms with Gasteiger partial charge >= 0.3 is 0 Å². The van der Waals surface area contributed by atoms with E-state index in [-0.39, 0.29) is 24.7 Å². The Morgan fingerprint density at radius 2 is 2.05 bits per heavy atom. The zero-order valence-electron chi connectivity index (χ0n) is 22.3. The maximum atomic E-state index is 15.1. The summed E-state index contributed by atoms with van der Waals surface area (Å²) in [5, 5.41) is 18.8. The highest BCUT2D eigenvalue weighted by Crippen LogP contribution is 2.49. The van der Waals surface area contributed by atoms with Crippen molar-refractivity contribution in [3.8, 4) is 6.07 Å². The average molecular weight is 564 g/mol. The first-order valence-electron chi connectivity index (χ1n) is 13.7. The molecule has 4 fully saturated rings. The van der Waals surface area contributed by atoms with Gasteiger partial charge in [0.05, 0.1) is 12.0 Å². The average Bonchev–Trinajstić information content (AvgIpc) is 2.87. The Morgan fingerprint density at radius 3 is 2.69 bits per heavy atom. The molecule has 5 rings (SSSR count). The molecule has 3 amide bonds. The number of nitrogens with one attached hydrogen (secondary N) is 3. The van der Waals surface area contributed by atoms with Crippen LogP contribution in [0.15, 0.2) is 24.3 Å². The van der Waals surface area contributed by atoms with Gasteiger partial charge in [0.15, 0.2) is 0 Å². The number of hydrogen-bond acceptors (Lipinski definition) is 5. The molecule has 11 heteroatoms. The first kappa shape index (κ1) is 29.1. The number of nitriles is 1. The molecule has 4 aliphatic rings. The molecule has 3 heterocycles. The fourth-order valence-corrected chi connectivity index (χ4v) is 6.41. The van der Waals surface area contributed by atoms with Crippen molar-refractivity contribution < 1.29 is 23.2 Å². The quantitative estimate of drug-likeness (QED) is 0.418. The number of rotatable bonds is 9. The molecule has 8 nitrogen and oxygen atoms in total. The van der Waals surface area contributed by atoms with Crippen molar-refractivity contribution in [3.63, 3.8) is 0 Å². The molecule has 39 heavy (non-hydrogen) atoms. The van der Waals surface area contributed by atoms with E-state index < -0.39 is 60.2 Å². The van der Waals surface area contributed by atoms with Gasteiger partial charge in [-0.05, 0) is 62.6 Å². The van der Waals surface area contributed by atoms with Crippen LogP contribution in [0.2, 0.25) is 5.02 Å². The zero-order valence-corrected chi connectivity index (χ0v) is 23.0. The number of halogens is 3. The number of benzene rings is 1. The normalized spacial score (nSPS) is 27.3. The molecule has 0 radical (unpaired) electrons. The number of fused-ring (bicyclic) bond motifs is 3. The van der Waals surface area contributed by atoms with Crippen molar-refractivity contribution in [1.29, 1.82) is 5.26 Å². The number of anilines is 1. The summed E-state index contributed by atoms with van der Waals surface area (Å²) in [6, 6.07) is 4.91. The molecule has 3 N–H and O–H groups in total. The van der Waals surface area contributed by atoms with Crippen LogP contribution in [-0.4, -0.2) is 59.3 Å². The lowest BCUT2D eigenvalue weighted by atomic mass is 9.71. The molecule has 1 aromatic carbocycles. The lowest BCUT2D eigenvalue weighted by Crippen LogP contribution is -2.70. The van der Waals surface area contributed by atoms with E-state index >= 15 is 8.78 Å². The summed E-state index contributed by atoms with van der Waals surface area (Å²) in [5.41, 5.74) is 0.616. The predicted octanol–water partition coefficient (Wildman–Crippen LogP) is 4.11. The summed E-state index contributed by atoms with van der Waals surface area (Å²) in [4.78, 5) is 41.2. The van der Waals surface area contributed by atoms with Gasteiger partial charge in [-0.15, -0.1) is 0 Å². The van der Waals surface area contributed by atoms with E-state index in [0.29, 0.717) is 36.5 Å². The number of nitrogens with zero attached hydrogens (tertiary/aromatic N) is 2. The molecule has 6 atom stereocenters. The third-order valence-electron chi connectivity index (χ3n) is 8.02. The number of alkyl halides is 2. The second-order valence-electron chi connectivity index (χ2n) is 11.4. The predicted molar refractivity (Wildman–Crippen MR) is 143 cm³/mol. The molecule has 1 saturated carbocycles. The second-order valence-corrected chi connectivity index (χ2v) is 11.8.